The molecule has 1 aliphatic rings. The van der Waals surface area contributed by atoms with Crippen molar-refractivity contribution in [2.45, 2.75) is 39.3 Å². The summed E-state index contributed by atoms with van der Waals surface area (Å²) >= 11 is 0. The van der Waals surface area contributed by atoms with E-state index < -0.39 is 9.84 Å². The number of benzene rings is 1. The van der Waals surface area contributed by atoms with Crippen LogP contribution in [0, 0.1) is 6.92 Å². The molecule has 3 rings (SSSR count). The second-order valence-corrected chi connectivity index (χ2v) is 9.10. The highest BCUT2D eigenvalue weighted by atomic mass is 32.2. The van der Waals surface area contributed by atoms with Gasteiger partial charge < -0.3 is 14.1 Å². The summed E-state index contributed by atoms with van der Waals surface area (Å²) in [6.45, 7) is 4.74. The zero-order valence-electron chi connectivity index (χ0n) is 15.7. The number of hydrogen-bond donors (Lipinski definition) is 0. The maximum atomic E-state index is 13.1. The van der Waals surface area contributed by atoms with Crippen LogP contribution in [-0.4, -0.2) is 43.4 Å². The van der Waals surface area contributed by atoms with E-state index in [2.05, 4.69) is 0 Å². The van der Waals surface area contributed by atoms with Crippen LogP contribution in [0.2, 0.25) is 0 Å². The summed E-state index contributed by atoms with van der Waals surface area (Å²) in [5.41, 5.74) is 0.506. The van der Waals surface area contributed by atoms with Crippen molar-refractivity contribution in [3.05, 3.63) is 53.5 Å². The van der Waals surface area contributed by atoms with Crippen LogP contribution in [0.15, 0.2) is 40.8 Å². The van der Waals surface area contributed by atoms with Gasteiger partial charge in [0.1, 0.15) is 17.3 Å². The second kappa shape index (κ2) is 8.17. The molecule has 1 fully saturated rings. The zero-order valence-corrected chi connectivity index (χ0v) is 16.5. The first kappa shape index (κ1) is 19.5. The highest BCUT2D eigenvalue weighted by Crippen LogP contribution is 2.24. The molecule has 7 heteroatoms. The molecular formula is C20H25NO5S. The minimum absolute atomic E-state index is 0.00384. The monoisotopic (exact) mass is 391 g/mol. The fourth-order valence-electron chi connectivity index (χ4n) is 3.21. The molecule has 1 aromatic carbocycles. The molecule has 0 aliphatic carbocycles. The molecule has 6 nitrogen and oxygen atoms in total. The Kier molecular flexibility index (Phi) is 5.89. The second-order valence-electron chi connectivity index (χ2n) is 6.88. The first-order chi connectivity index (χ1) is 12.9. The molecule has 0 saturated carbocycles. The standard InChI is InChI=1S/C20H25NO5S/c1-3-11-25-18-8-5-16(6-9-18)20(22)21(13-19-7-4-15(2)26-19)17-10-12-27(23,24)14-17/h4-9,17H,3,10-14H2,1-2H3/t17-/m0/s1. The molecular weight excluding hydrogens is 366 g/mol. The lowest BCUT2D eigenvalue weighted by molar-refractivity contribution is 0.0665. The molecule has 146 valence electrons. The van der Waals surface area contributed by atoms with Gasteiger partial charge in [0.25, 0.3) is 5.91 Å². The van der Waals surface area contributed by atoms with Gasteiger partial charge in [-0.25, -0.2) is 8.42 Å². The van der Waals surface area contributed by atoms with Crippen molar-refractivity contribution in [2.75, 3.05) is 18.1 Å². The smallest absolute Gasteiger partial charge is 0.254 e. The predicted octanol–water partition coefficient (Wildman–Crippen LogP) is 3.21. The molecule has 2 aromatic rings. The van der Waals surface area contributed by atoms with E-state index >= 15 is 0 Å². The number of hydrogen-bond acceptors (Lipinski definition) is 5. The van der Waals surface area contributed by atoms with E-state index in [4.69, 9.17) is 9.15 Å². The summed E-state index contributed by atoms with van der Waals surface area (Å²) in [6.07, 6.45) is 1.36. The molecule has 0 spiro atoms. The molecule has 1 aromatic heterocycles. The van der Waals surface area contributed by atoms with E-state index in [1.165, 1.54) is 0 Å². The highest BCUT2D eigenvalue weighted by Gasteiger charge is 2.35. The molecule has 1 aliphatic heterocycles. The Morgan fingerprint density at radius 1 is 1.22 bits per heavy atom. The van der Waals surface area contributed by atoms with Gasteiger partial charge in [-0.2, -0.15) is 0 Å². The fourth-order valence-corrected chi connectivity index (χ4v) is 4.94. The third-order valence-electron chi connectivity index (χ3n) is 4.61. The number of carbonyl (C=O) groups is 1. The number of carbonyl (C=O) groups excluding carboxylic acids is 1. The Hall–Kier alpha value is -2.28. The van der Waals surface area contributed by atoms with Gasteiger partial charge in [0.05, 0.1) is 24.7 Å². The predicted molar refractivity (Wildman–Crippen MR) is 103 cm³/mol. The van der Waals surface area contributed by atoms with Gasteiger partial charge in [0.2, 0.25) is 0 Å². The molecule has 27 heavy (non-hydrogen) atoms. The van der Waals surface area contributed by atoms with Crippen LogP contribution < -0.4 is 4.74 Å². The summed E-state index contributed by atoms with van der Waals surface area (Å²) in [6, 6.07) is 10.3. The van der Waals surface area contributed by atoms with Crippen LogP contribution in [0.25, 0.3) is 0 Å². The van der Waals surface area contributed by atoms with Crippen molar-refractivity contribution in [1.82, 2.24) is 4.90 Å². The van der Waals surface area contributed by atoms with Crippen molar-refractivity contribution in [1.29, 1.82) is 0 Å². The first-order valence-corrected chi connectivity index (χ1v) is 11.0. The maximum Gasteiger partial charge on any atom is 0.254 e. The maximum absolute atomic E-state index is 13.1. The van der Waals surface area contributed by atoms with Crippen molar-refractivity contribution < 1.29 is 22.4 Å². The molecule has 0 N–H and O–H groups in total. The molecule has 0 bridgehead atoms. The topological polar surface area (TPSA) is 76.8 Å². The fraction of sp³-hybridized carbons (Fsp3) is 0.450. The lowest BCUT2D eigenvalue weighted by atomic mass is 10.1. The van der Waals surface area contributed by atoms with E-state index in [1.807, 2.05) is 26.0 Å². The van der Waals surface area contributed by atoms with Crippen LogP contribution in [0.4, 0.5) is 0 Å². The van der Waals surface area contributed by atoms with E-state index in [0.717, 1.165) is 12.2 Å². The number of aryl methyl sites for hydroxylation is 1. The van der Waals surface area contributed by atoms with Gasteiger partial charge in [0.15, 0.2) is 9.84 Å². The van der Waals surface area contributed by atoms with Crippen molar-refractivity contribution >= 4 is 15.7 Å². The van der Waals surface area contributed by atoms with Gasteiger partial charge >= 0.3 is 0 Å². The molecule has 0 radical (unpaired) electrons. The van der Waals surface area contributed by atoms with E-state index in [9.17, 15) is 13.2 Å². The van der Waals surface area contributed by atoms with Crippen LogP contribution in [0.5, 0.6) is 5.75 Å². The van der Waals surface area contributed by atoms with E-state index in [0.29, 0.717) is 30.1 Å². The molecule has 2 heterocycles. The van der Waals surface area contributed by atoms with Crippen LogP contribution in [0.3, 0.4) is 0 Å². The average Bonchev–Trinajstić information content (AvgIpc) is 3.22. The number of ether oxygens (including phenoxy) is 1. The van der Waals surface area contributed by atoms with Gasteiger partial charge in [-0.1, -0.05) is 6.92 Å². The Bertz CT molecular complexity index is 885. The molecule has 1 atom stereocenters. The van der Waals surface area contributed by atoms with E-state index in [-0.39, 0.29) is 30.0 Å². The third kappa shape index (κ3) is 4.91. The Balaban J connectivity index is 1.81. The first-order valence-electron chi connectivity index (χ1n) is 9.17. The van der Waals surface area contributed by atoms with Crippen molar-refractivity contribution in [3.8, 4) is 5.75 Å². The molecule has 0 unspecified atom stereocenters. The number of nitrogens with zero attached hydrogens (tertiary/aromatic N) is 1. The Morgan fingerprint density at radius 2 is 1.96 bits per heavy atom. The largest absolute Gasteiger partial charge is 0.494 e. The quantitative estimate of drug-likeness (QED) is 0.724. The van der Waals surface area contributed by atoms with Gasteiger partial charge in [0, 0.05) is 11.6 Å². The Morgan fingerprint density at radius 3 is 2.52 bits per heavy atom. The van der Waals surface area contributed by atoms with Crippen LogP contribution in [-0.2, 0) is 16.4 Å². The SMILES string of the molecule is CCCOc1ccc(C(=O)N(Cc2ccc(C)o2)[C@H]2CCS(=O)(=O)C2)cc1. The van der Waals surface area contributed by atoms with Crippen molar-refractivity contribution in [2.24, 2.45) is 0 Å². The lowest BCUT2D eigenvalue weighted by Crippen LogP contribution is -2.40. The minimum atomic E-state index is -3.10. The summed E-state index contributed by atoms with van der Waals surface area (Å²) in [5.74, 6) is 2.03. The lowest BCUT2D eigenvalue weighted by Gasteiger charge is -2.27. The minimum Gasteiger partial charge on any atom is -0.494 e. The normalized spacial score (nSPS) is 18.4. The van der Waals surface area contributed by atoms with Crippen LogP contribution >= 0.6 is 0 Å². The summed E-state index contributed by atoms with van der Waals surface area (Å²) in [5, 5.41) is 0. The van der Waals surface area contributed by atoms with Gasteiger partial charge in [-0.05, 0) is 56.2 Å². The number of sulfone groups is 1. The zero-order chi connectivity index (χ0) is 19.4. The number of rotatable bonds is 7. The summed E-state index contributed by atoms with van der Waals surface area (Å²) in [7, 11) is -3.10. The highest BCUT2D eigenvalue weighted by molar-refractivity contribution is 7.91. The Labute approximate surface area is 160 Å². The number of furan rings is 1. The van der Waals surface area contributed by atoms with Gasteiger partial charge in [-0.15, -0.1) is 0 Å². The van der Waals surface area contributed by atoms with Gasteiger partial charge in [-0.3, -0.25) is 4.79 Å². The van der Waals surface area contributed by atoms with Crippen LogP contribution in [0.1, 0.15) is 41.6 Å². The summed E-state index contributed by atoms with van der Waals surface area (Å²) in [4.78, 5) is 14.7. The summed E-state index contributed by atoms with van der Waals surface area (Å²) < 4.78 is 35.0. The average molecular weight is 391 g/mol. The third-order valence-corrected chi connectivity index (χ3v) is 6.36. The van der Waals surface area contributed by atoms with Crippen molar-refractivity contribution in [3.63, 3.8) is 0 Å². The molecule has 1 amide bonds. The number of amides is 1. The van der Waals surface area contributed by atoms with E-state index in [1.54, 1.807) is 29.2 Å². The molecule has 1 saturated heterocycles.